The monoisotopic (exact) mass is 1200 g/mol. The lowest BCUT2D eigenvalue weighted by Gasteiger charge is -2.51. The standard InChI is InChI=1S/C66H62N4O18/c1-13-65-51(59(75)45-43-47(57(73)41-35(83-25-79-11)17-15-33(81-23-77-9)39(41)55(43)71)53(69-67)49(45)61(65)85-63(87-65)37-29(5)19-27(3)20-30(37)6)52-60(76)46-44-48(58(74)42-36(84-26-80-12)18-16-34(82-24-78-10)40(42)56(44)72)54(70-68)50(46)62-66(52,14-2)88-64(86-62)38-31(7)21-28(4)22-32(38)8/h15-22,51-52,61-64H,13-14,23-26H2,1-12H3/t51-,52-,61-,62-,63+,64+,65+,66+/m1/s1. The van der Waals surface area contributed by atoms with Gasteiger partial charge < -0.3 is 67.9 Å². The molecule has 4 aromatic carbocycles. The van der Waals surface area contributed by atoms with Crippen LogP contribution in [0.25, 0.3) is 32.6 Å². The highest BCUT2D eigenvalue weighted by Crippen LogP contribution is 2.65. The lowest BCUT2D eigenvalue weighted by Crippen LogP contribution is -2.63. The van der Waals surface area contributed by atoms with Crippen LogP contribution in [0.5, 0.6) is 23.0 Å². The average molecular weight is 1200 g/mol. The van der Waals surface area contributed by atoms with E-state index in [1.807, 2.05) is 65.8 Å². The lowest BCUT2D eigenvalue weighted by atomic mass is 9.55. The highest BCUT2D eigenvalue weighted by Gasteiger charge is 2.73. The normalized spacial score (nSPS) is 22.9. The van der Waals surface area contributed by atoms with Gasteiger partial charge in [-0.3, -0.25) is 28.8 Å². The third kappa shape index (κ3) is 8.32. The average Bonchev–Trinajstić information content (AvgIpc) is 1.48. The lowest BCUT2D eigenvalue weighted by molar-refractivity contribution is -0.151. The number of nitrogens with zero attached hydrogens (tertiary/aromatic N) is 4. The van der Waals surface area contributed by atoms with E-state index in [1.165, 1.54) is 52.7 Å². The van der Waals surface area contributed by atoms with E-state index in [-0.39, 0.29) is 95.7 Å². The molecular formula is C66H62N4O18. The number of methoxy groups -OCH3 is 4. The number of aryl methyl sites for hydroxylation is 6. The largest absolute Gasteiger partial charge is 0.467 e. The van der Waals surface area contributed by atoms with Gasteiger partial charge in [0.2, 0.25) is 10.9 Å². The molecule has 2 heterocycles. The first kappa shape index (κ1) is 59.8. The molecule has 2 aliphatic heterocycles. The number of ether oxygens (including phenoxy) is 12. The molecule has 0 radical (unpaired) electrons. The molecule has 88 heavy (non-hydrogen) atoms. The molecule has 0 N–H and O–H groups in total. The van der Waals surface area contributed by atoms with E-state index in [0.717, 1.165) is 33.4 Å². The Bertz CT molecular complexity index is 4510. The highest BCUT2D eigenvalue weighted by molar-refractivity contribution is 6.10. The van der Waals surface area contributed by atoms with Crippen molar-refractivity contribution in [2.24, 2.45) is 11.8 Å². The van der Waals surface area contributed by atoms with Crippen LogP contribution in [0.15, 0.2) is 67.7 Å². The summed E-state index contributed by atoms with van der Waals surface area (Å²) in [5.74, 6) is -5.99. The smallest absolute Gasteiger partial charge is 0.333 e. The first-order valence-electron chi connectivity index (χ1n) is 28.6. The van der Waals surface area contributed by atoms with Gasteiger partial charge in [-0.15, -0.1) is 0 Å². The summed E-state index contributed by atoms with van der Waals surface area (Å²) < 4.78 is 73.8. The Morgan fingerprint density at radius 1 is 0.443 bits per heavy atom. The number of hydrogen-bond acceptors (Lipinski definition) is 18. The van der Waals surface area contributed by atoms with Crippen molar-refractivity contribution >= 4 is 33.1 Å². The van der Waals surface area contributed by atoms with Crippen molar-refractivity contribution < 1.29 is 76.0 Å². The number of rotatable bonds is 17. The zero-order chi connectivity index (χ0) is 62.7. The summed E-state index contributed by atoms with van der Waals surface area (Å²) in [6.07, 6.45) is -6.07. The van der Waals surface area contributed by atoms with Gasteiger partial charge >= 0.3 is 10.7 Å². The molecule has 454 valence electrons. The molecule has 8 atom stereocenters. The third-order valence-electron chi connectivity index (χ3n) is 18.2. The predicted molar refractivity (Wildman–Crippen MR) is 310 cm³/mol. The van der Waals surface area contributed by atoms with E-state index in [4.69, 9.17) is 56.8 Å². The van der Waals surface area contributed by atoms with E-state index in [0.29, 0.717) is 11.1 Å². The van der Waals surface area contributed by atoms with Gasteiger partial charge in [0.25, 0.3) is 0 Å². The summed E-state index contributed by atoms with van der Waals surface area (Å²) in [7, 11) is 5.45. The van der Waals surface area contributed by atoms with Crippen molar-refractivity contribution in [1.29, 1.82) is 0 Å². The predicted octanol–water partition coefficient (Wildman–Crippen LogP) is 6.87. The number of carbonyl (C=O) groups is 2. The second-order valence-corrected chi connectivity index (χ2v) is 23.0. The van der Waals surface area contributed by atoms with E-state index in [9.17, 15) is 11.1 Å². The quantitative estimate of drug-likeness (QED) is 0.0510. The molecule has 0 spiro atoms. The Morgan fingerprint density at radius 2 is 0.727 bits per heavy atom. The van der Waals surface area contributed by atoms with Crippen molar-refractivity contribution in [2.45, 2.75) is 104 Å². The van der Waals surface area contributed by atoms with Crippen LogP contribution in [-0.4, -0.2) is 88.0 Å². The van der Waals surface area contributed by atoms with Crippen LogP contribution in [0.3, 0.4) is 0 Å². The maximum Gasteiger partial charge on any atom is 0.333 e. The van der Waals surface area contributed by atoms with E-state index < -0.39 is 124 Å². The minimum atomic E-state index is -2.03. The first-order chi connectivity index (χ1) is 42.3. The summed E-state index contributed by atoms with van der Waals surface area (Å²) in [6.45, 7) is 13.3. The molecule has 2 saturated heterocycles. The minimum absolute atomic E-state index is 0.100. The summed E-state index contributed by atoms with van der Waals surface area (Å²) in [4.78, 5) is 105. The molecule has 0 amide bonds. The van der Waals surface area contributed by atoms with Crippen molar-refractivity contribution in [2.75, 3.05) is 55.6 Å². The van der Waals surface area contributed by atoms with Gasteiger partial charge in [-0.2, -0.15) is 9.58 Å². The van der Waals surface area contributed by atoms with Crippen LogP contribution >= 0.6 is 0 Å². The SMILES string of the molecule is CC[C@@]12O[C@@H](c3c(C)cc(C)cc3C)O[C@@H]1c1c(c3c(=O)c4c(OCOC)ccc(OCOC)c4c(=O)c=3c1=[N+]=[N-])C(=O)[C@H]2[C@@H]1C(=O)c2c(c(=[N+]=[N-])c3c(=O)c4c(OCOC)ccc(OCOC)c4c(=O)c2=3)[C@H]2O[C@H](c3c(C)cc(C)cc3C)O[C@]21CC. The number of Topliss-reactive ketones (excluding diaryl/α,β-unsaturated/α-hetero) is 2. The second-order valence-electron chi connectivity index (χ2n) is 23.0. The third-order valence-corrected chi connectivity index (χ3v) is 18.2. The fourth-order valence-electron chi connectivity index (χ4n) is 15.0. The molecule has 0 aromatic heterocycles. The van der Waals surface area contributed by atoms with Crippen LogP contribution < -0.4 is 51.4 Å². The van der Waals surface area contributed by atoms with Crippen molar-refractivity contribution in [3.63, 3.8) is 0 Å². The molecule has 4 aromatic rings. The second kappa shape index (κ2) is 22.3. The Morgan fingerprint density at radius 3 is 0.989 bits per heavy atom. The summed E-state index contributed by atoms with van der Waals surface area (Å²) in [5, 5.41) is -4.08. The maximum atomic E-state index is 17.3. The van der Waals surface area contributed by atoms with Crippen LogP contribution in [-0.2, 0) is 37.9 Å². The molecule has 22 heteroatoms. The number of benzene rings is 4. The Labute approximate surface area is 500 Å². The number of ketones is 2. The Hall–Kier alpha value is -8.50. The van der Waals surface area contributed by atoms with Gasteiger partial charge in [-0.1, -0.05) is 49.2 Å². The van der Waals surface area contributed by atoms with Crippen LogP contribution in [0, 0.1) is 74.3 Å². The van der Waals surface area contributed by atoms with Gasteiger partial charge in [0, 0.05) is 50.7 Å². The maximum absolute atomic E-state index is 17.3. The molecule has 8 aliphatic rings. The molecule has 0 unspecified atom stereocenters. The van der Waals surface area contributed by atoms with Crippen molar-refractivity contribution in [3.8, 4) is 23.0 Å². The Balaban J connectivity index is 1.25. The van der Waals surface area contributed by atoms with Gasteiger partial charge in [-0.05, 0) is 101 Å². The fraction of sp³-hybridized carbons (Fsp3) is 0.394. The minimum Gasteiger partial charge on any atom is -0.467 e. The van der Waals surface area contributed by atoms with Gasteiger partial charge in [0.15, 0.2) is 62.2 Å². The molecule has 22 nitrogen and oxygen atoms in total. The molecule has 0 bridgehead atoms. The zero-order valence-electron chi connectivity index (χ0n) is 50.5. The first-order valence-corrected chi connectivity index (χ1v) is 28.6. The van der Waals surface area contributed by atoms with Gasteiger partial charge in [0.05, 0.1) is 54.9 Å². The Kier molecular flexibility index (Phi) is 15.1. The summed E-state index contributed by atoms with van der Waals surface area (Å²) >= 11 is 0. The van der Waals surface area contributed by atoms with Crippen LogP contribution in [0.2, 0.25) is 0 Å². The van der Waals surface area contributed by atoms with Crippen molar-refractivity contribution in [3.05, 3.63) is 199 Å². The number of carbonyl (C=O) groups excluding carboxylic acids is 2. The molecule has 0 saturated carbocycles. The number of fused-ring (bicyclic) bond motifs is 10. The molecular weight excluding hydrogens is 1140 g/mol. The summed E-state index contributed by atoms with van der Waals surface area (Å²) in [6, 6.07) is 13.3. The molecule has 2 fully saturated rings. The molecule has 6 aliphatic carbocycles. The van der Waals surface area contributed by atoms with Gasteiger partial charge in [0.1, 0.15) is 56.8 Å². The van der Waals surface area contributed by atoms with E-state index in [1.54, 1.807) is 13.8 Å². The zero-order valence-corrected chi connectivity index (χ0v) is 50.5. The van der Waals surface area contributed by atoms with Crippen LogP contribution in [0.4, 0.5) is 0 Å². The van der Waals surface area contributed by atoms with Crippen molar-refractivity contribution in [1.82, 2.24) is 0 Å². The topological polar surface area (TPSA) is 286 Å². The molecule has 12 rings (SSSR count). The van der Waals surface area contributed by atoms with E-state index in [2.05, 4.69) is 9.58 Å². The van der Waals surface area contributed by atoms with Crippen LogP contribution in [0.1, 0.15) is 128 Å². The highest BCUT2D eigenvalue weighted by atomic mass is 16.8. The summed E-state index contributed by atoms with van der Waals surface area (Å²) in [5.41, 5.74) is 19.9. The van der Waals surface area contributed by atoms with E-state index >= 15 is 28.8 Å². The van der Waals surface area contributed by atoms with Gasteiger partial charge in [-0.25, -0.2) is 0 Å². The number of hydrogen-bond donors (Lipinski definition) is 0. The fourth-order valence-corrected chi connectivity index (χ4v) is 15.0.